The second-order valence-electron chi connectivity index (χ2n) is 4.64. The Morgan fingerprint density at radius 1 is 1.38 bits per heavy atom. The Labute approximate surface area is 134 Å². The smallest absolute Gasteiger partial charge is 0.410 e. The maximum absolute atomic E-state index is 13.2. The molecule has 1 amide bonds. The van der Waals surface area contributed by atoms with Gasteiger partial charge in [-0.15, -0.1) is 5.10 Å². The number of carboxylic acid groups (broad SMARTS) is 1. The van der Waals surface area contributed by atoms with Crippen molar-refractivity contribution in [3.05, 3.63) is 17.8 Å². The van der Waals surface area contributed by atoms with E-state index in [0.29, 0.717) is 0 Å². The quantitative estimate of drug-likeness (QED) is 0.728. The molecule has 0 radical (unpaired) electrons. The zero-order valence-electron chi connectivity index (χ0n) is 12.4. The highest BCUT2D eigenvalue weighted by Crippen LogP contribution is 2.30. The molecule has 3 N–H and O–H groups in total. The van der Waals surface area contributed by atoms with Gasteiger partial charge in [0.15, 0.2) is 11.5 Å². The summed E-state index contributed by atoms with van der Waals surface area (Å²) in [6.07, 6.45) is -3.65. The van der Waals surface area contributed by atoms with Crippen LogP contribution in [0.2, 0.25) is 0 Å². The Morgan fingerprint density at radius 2 is 2.04 bits per heavy atom. The second-order valence-corrected chi connectivity index (χ2v) is 6.39. The summed E-state index contributed by atoms with van der Waals surface area (Å²) in [7, 11) is -2.38. The van der Waals surface area contributed by atoms with Gasteiger partial charge in [0, 0.05) is 7.05 Å². The Kier molecular flexibility index (Phi) is 4.64. The molecule has 130 valence electrons. The summed E-state index contributed by atoms with van der Waals surface area (Å²) >= 11 is 0. The topological polar surface area (TPSA) is 139 Å². The molecular weight excluding hydrogens is 350 g/mol. The lowest BCUT2D eigenvalue weighted by Gasteiger charge is -2.11. The normalized spacial score (nSPS) is 11.5. The van der Waals surface area contributed by atoms with Crippen LogP contribution in [-0.2, 0) is 17.1 Å². The summed E-state index contributed by atoms with van der Waals surface area (Å²) < 4.78 is 51.8. The number of amides is 1. The Bertz CT molecular complexity index is 883. The summed E-state index contributed by atoms with van der Waals surface area (Å²) in [5, 5.41) is 18.1. The molecule has 0 aliphatic carbocycles. The van der Waals surface area contributed by atoms with Gasteiger partial charge in [-0.1, -0.05) is 5.21 Å². The molecule has 0 saturated heterocycles. The summed E-state index contributed by atoms with van der Waals surface area (Å²) in [5.74, 6) is -0.0703. The fraction of sp³-hybridized carbons (Fsp3) is 0.273. The predicted molar refractivity (Wildman–Crippen MR) is 79.3 cm³/mol. The first-order valence-electron chi connectivity index (χ1n) is 6.25. The SMILES string of the molecule is Cn1nnc(-c2ccc(NS(C)(=O)=O)c(C(F)F)n2)c1NC(=O)O. The number of pyridine rings is 1. The second kappa shape index (κ2) is 6.35. The number of hydrogen-bond donors (Lipinski definition) is 3. The van der Waals surface area contributed by atoms with Crippen LogP contribution in [-0.4, -0.2) is 45.9 Å². The highest BCUT2D eigenvalue weighted by Gasteiger charge is 2.22. The average Bonchev–Trinajstić information content (AvgIpc) is 2.78. The van der Waals surface area contributed by atoms with Crippen LogP contribution in [0, 0.1) is 0 Å². The first kappa shape index (κ1) is 17.5. The molecule has 0 unspecified atom stereocenters. The molecular formula is C11H12F2N6O4S. The van der Waals surface area contributed by atoms with E-state index in [4.69, 9.17) is 5.11 Å². The third-order valence-corrected chi connectivity index (χ3v) is 3.31. The number of aryl methyl sites for hydroxylation is 1. The van der Waals surface area contributed by atoms with Crippen molar-refractivity contribution in [3.8, 4) is 11.4 Å². The van der Waals surface area contributed by atoms with Crippen molar-refractivity contribution in [3.63, 3.8) is 0 Å². The number of nitrogens with one attached hydrogen (secondary N) is 2. The summed E-state index contributed by atoms with van der Waals surface area (Å²) in [6.45, 7) is 0. The van der Waals surface area contributed by atoms with Crippen molar-refractivity contribution >= 4 is 27.6 Å². The van der Waals surface area contributed by atoms with Crippen LogP contribution in [0.4, 0.5) is 25.1 Å². The van der Waals surface area contributed by atoms with Crippen molar-refractivity contribution in [2.45, 2.75) is 6.43 Å². The summed E-state index contributed by atoms with van der Waals surface area (Å²) in [5.41, 5.74) is -1.37. The molecule has 24 heavy (non-hydrogen) atoms. The number of hydrogen-bond acceptors (Lipinski definition) is 6. The molecule has 0 aliphatic heterocycles. The van der Waals surface area contributed by atoms with Gasteiger partial charge < -0.3 is 5.11 Å². The highest BCUT2D eigenvalue weighted by atomic mass is 32.2. The van der Waals surface area contributed by atoms with Gasteiger partial charge in [-0.05, 0) is 12.1 Å². The van der Waals surface area contributed by atoms with Crippen LogP contribution >= 0.6 is 0 Å². The van der Waals surface area contributed by atoms with Crippen LogP contribution in [0.3, 0.4) is 0 Å². The van der Waals surface area contributed by atoms with Crippen LogP contribution in [0.15, 0.2) is 12.1 Å². The molecule has 0 aromatic carbocycles. The van der Waals surface area contributed by atoms with Gasteiger partial charge in [-0.3, -0.25) is 10.0 Å². The lowest BCUT2D eigenvalue weighted by atomic mass is 10.2. The number of sulfonamides is 1. The molecule has 13 heteroatoms. The zero-order chi connectivity index (χ0) is 18.1. The maximum Gasteiger partial charge on any atom is 0.410 e. The van der Waals surface area contributed by atoms with Gasteiger partial charge >= 0.3 is 6.09 Å². The fourth-order valence-corrected chi connectivity index (χ4v) is 2.40. The lowest BCUT2D eigenvalue weighted by molar-refractivity contribution is 0.147. The van der Waals surface area contributed by atoms with E-state index in [9.17, 15) is 22.0 Å². The molecule has 10 nitrogen and oxygen atoms in total. The number of carbonyl (C=O) groups is 1. The fourth-order valence-electron chi connectivity index (χ4n) is 1.83. The van der Waals surface area contributed by atoms with E-state index in [2.05, 4.69) is 15.3 Å². The van der Waals surface area contributed by atoms with E-state index in [1.807, 2.05) is 10.0 Å². The van der Waals surface area contributed by atoms with E-state index < -0.39 is 28.2 Å². The average molecular weight is 362 g/mol. The van der Waals surface area contributed by atoms with Crippen LogP contribution in [0.25, 0.3) is 11.4 Å². The van der Waals surface area contributed by atoms with E-state index in [1.165, 1.54) is 13.1 Å². The zero-order valence-corrected chi connectivity index (χ0v) is 13.2. The van der Waals surface area contributed by atoms with Crippen molar-refractivity contribution in [2.75, 3.05) is 16.3 Å². The van der Waals surface area contributed by atoms with Gasteiger partial charge in [0.05, 0.1) is 17.6 Å². The number of aromatic nitrogens is 4. The molecule has 0 aliphatic rings. The van der Waals surface area contributed by atoms with Crippen molar-refractivity contribution < 1.29 is 27.1 Å². The van der Waals surface area contributed by atoms with E-state index in [-0.39, 0.29) is 22.9 Å². The number of halogens is 2. The Hall–Kier alpha value is -2.83. The van der Waals surface area contributed by atoms with E-state index >= 15 is 0 Å². The Balaban J connectivity index is 2.54. The monoisotopic (exact) mass is 362 g/mol. The minimum atomic E-state index is -3.78. The first-order chi connectivity index (χ1) is 11.1. The molecule has 2 aromatic heterocycles. The van der Waals surface area contributed by atoms with Gasteiger partial charge in [0.25, 0.3) is 6.43 Å². The summed E-state index contributed by atoms with van der Waals surface area (Å²) in [6, 6.07) is 2.31. The molecule has 2 heterocycles. The predicted octanol–water partition coefficient (Wildman–Crippen LogP) is 1.28. The van der Waals surface area contributed by atoms with Crippen molar-refractivity contribution in [1.29, 1.82) is 0 Å². The molecule has 2 aromatic rings. The van der Waals surface area contributed by atoms with E-state index in [1.54, 1.807) is 0 Å². The van der Waals surface area contributed by atoms with Crippen LogP contribution < -0.4 is 10.0 Å². The van der Waals surface area contributed by atoms with Gasteiger partial charge in [0.2, 0.25) is 10.0 Å². The van der Waals surface area contributed by atoms with E-state index in [0.717, 1.165) is 17.0 Å². The largest absolute Gasteiger partial charge is 0.465 e. The standard InChI is InChI=1S/C11H12F2N6O4S/c1-19-10(15-11(20)21)8(16-18-19)5-3-4-6(17-24(2,22)23)7(14-5)9(12)13/h3-4,9,15,17H,1-2H3,(H,20,21). The number of anilines is 2. The summed E-state index contributed by atoms with van der Waals surface area (Å²) in [4.78, 5) is 14.5. The third-order valence-electron chi connectivity index (χ3n) is 2.72. The number of rotatable bonds is 5. The minimum Gasteiger partial charge on any atom is -0.465 e. The molecule has 0 bridgehead atoms. The highest BCUT2D eigenvalue weighted by molar-refractivity contribution is 7.92. The lowest BCUT2D eigenvalue weighted by Crippen LogP contribution is -2.13. The maximum atomic E-state index is 13.2. The number of nitrogens with zero attached hydrogens (tertiary/aromatic N) is 4. The molecule has 0 spiro atoms. The molecule has 0 fully saturated rings. The van der Waals surface area contributed by atoms with Crippen LogP contribution in [0.5, 0.6) is 0 Å². The van der Waals surface area contributed by atoms with Crippen molar-refractivity contribution in [1.82, 2.24) is 20.0 Å². The molecule has 2 rings (SSSR count). The number of alkyl halides is 2. The third kappa shape index (κ3) is 3.92. The Morgan fingerprint density at radius 3 is 2.58 bits per heavy atom. The first-order valence-corrected chi connectivity index (χ1v) is 8.14. The van der Waals surface area contributed by atoms with Gasteiger partial charge in [0.1, 0.15) is 5.69 Å². The van der Waals surface area contributed by atoms with Crippen molar-refractivity contribution in [2.24, 2.45) is 7.05 Å². The van der Waals surface area contributed by atoms with Gasteiger partial charge in [-0.25, -0.2) is 31.7 Å². The molecule has 0 saturated carbocycles. The van der Waals surface area contributed by atoms with Gasteiger partial charge in [-0.2, -0.15) is 0 Å². The minimum absolute atomic E-state index is 0.0703. The molecule has 0 atom stereocenters. The van der Waals surface area contributed by atoms with Crippen LogP contribution in [0.1, 0.15) is 12.1 Å².